The first-order valence-electron chi connectivity index (χ1n) is 8.56. The molecule has 0 aliphatic carbocycles. The second-order valence-corrected chi connectivity index (χ2v) is 9.71. The van der Waals surface area contributed by atoms with E-state index in [1.807, 2.05) is 6.92 Å². The Morgan fingerprint density at radius 3 is 2.23 bits per heavy atom. The first kappa shape index (κ1) is 22.4. The van der Waals surface area contributed by atoms with Gasteiger partial charge in [0.1, 0.15) is 5.56 Å². The number of aryl methyl sites for hydroxylation is 2. The Bertz CT molecular complexity index is 1200. The molecule has 0 unspecified atom stereocenters. The van der Waals surface area contributed by atoms with Gasteiger partial charge in [-0.2, -0.15) is 5.10 Å². The lowest BCUT2D eigenvalue weighted by atomic mass is 10.2. The van der Waals surface area contributed by atoms with Gasteiger partial charge in [-0.3, -0.25) is 13.8 Å². The molecule has 0 radical (unpaired) electrons. The third-order valence-electron chi connectivity index (χ3n) is 4.38. The third kappa shape index (κ3) is 4.27. The summed E-state index contributed by atoms with van der Waals surface area (Å²) >= 11 is 18.2. The van der Waals surface area contributed by atoms with Gasteiger partial charge in [0.2, 0.25) is 0 Å². The number of amides is 1. The lowest BCUT2D eigenvalue weighted by molar-refractivity contribution is 0.102. The van der Waals surface area contributed by atoms with E-state index in [1.54, 1.807) is 12.1 Å². The number of nitrogens with one attached hydrogen (secondary N) is 1. The van der Waals surface area contributed by atoms with E-state index >= 15 is 0 Å². The van der Waals surface area contributed by atoms with Crippen LogP contribution in [0, 0.1) is 6.92 Å². The zero-order valence-corrected chi connectivity index (χ0v) is 19.2. The summed E-state index contributed by atoms with van der Waals surface area (Å²) in [6.07, 6.45) is 1.27. The topological polar surface area (TPSA) is 84.3 Å². The predicted molar refractivity (Wildman–Crippen MR) is 119 cm³/mol. The molecule has 0 aliphatic rings. The minimum Gasteiger partial charge on any atom is -0.319 e. The summed E-state index contributed by atoms with van der Waals surface area (Å²) in [5.41, 5.74) is 1.11. The third-order valence-corrected chi connectivity index (χ3v) is 6.95. The van der Waals surface area contributed by atoms with Crippen LogP contribution in [0.3, 0.4) is 0 Å². The molecule has 7 nitrogen and oxygen atoms in total. The van der Waals surface area contributed by atoms with Crippen molar-refractivity contribution < 1.29 is 13.2 Å². The van der Waals surface area contributed by atoms with Crippen molar-refractivity contribution in [3.8, 4) is 0 Å². The van der Waals surface area contributed by atoms with Crippen LogP contribution in [0.1, 0.15) is 15.9 Å². The maximum Gasteiger partial charge on any atom is 0.265 e. The molecule has 1 heterocycles. The molecule has 0 saturated carbocycles. The maximum absolute atomic E-state index is 13.1. The van der Waals surface area contributed by atoms with Crippen LogP contribution in [0.5, 0.6) is 0 Å². The summed E-state index contributed by atoms with van der Waals surface area (Å²) in [6.45, 7) is 1.86. The van der Waals surface area contributed by atoms with Crippen LogP contribution in [0.15, 0.2) is 47.5 Å². The largest absolute Gasteiger partial charge is 0.319 e. The van der Waals surface area contributed by atoms with Crippen LogP contribution in [0.25, 0.3) is 0 Å². The summed E-state index contributed by atoms with van der Waals surface area (Å²) in [5, 5.41) is 7.24. The molecule has 0 aliphatic heterocycles. The number of hydrogen-bond acceptors (Lipinski definition) is 4. The van der Waals surface area contributed by atoms with Crippen LogP contribution >= 0.6 is 34.8 Å². The molecule has 3 aromatic rings. The normalized spacial score (nSPS) is 11.4. The number of rotatable bonds is 5. The van der Waals surface area contributed by atoms with Crippen molar-refractivity contribution in [2.45, 2.75) is 11.8 Å². The summed E-state index contributed by atoms with van der Waals surface area (Å²) in [7, 11) is -1.04. The van der Waals surface area contributed by atoms with Gasteiger partial charge in [0.05, 0.1) is 26.8 Å². The number of carbonyl (C=O) groups excluding carboxylic acids is 1. The molecule has 0 atom stereocenters. The minimum absolute atomic E-state index is 0.0257. The standard InChI is InChI=1S/C19H17Cl3N4O3S/c1-11-4-6-13(7-5-11)30(28,29)26(3)19-14(10-23-25(19)2)18(27)24-17-15(21)8-12(20)9-16(17)22/h4-10H,1-3H3,(H,24,27). The molecule has 1 aromatic heterocycles. The van der Waals surface area contributed by atoms with Crippen molar-refractivity contribution >= 4 is 62.2 Å². The van der Waals surface area contributed by atoms with Crippen LogP contribution in [-0.4, -0.2) is 31.2 Å². The number of halogens is 3. The molecular weight excluding hydrogens is 471 g/mol. The molecule has 0 fully saturated rings. The highest BCUT2D eigenvalue weighted by molar-refractivity contribution is 7.92. The fourth-order valence-electron chi connectivity index (χ4n) is 2.79. The highest BCUT2D eigenvalue weighted by atomic mass is 35.5. The molecule has 11 heteroatoms. The summed E-state index contributed by atoms with van der Waals surface area (Å²) in [6, 6.07) is 9.27. The van der Waals surface area contributed by atoms with Gasteiger partial charge in [-0.25, -0.2) is 8.42 Å². The van der Waals surface area contributed by atoms with Crippen molar-refractivity contribution in [1.82, 2.24) is 9.78 Å². The van der Waals surface area contributed by atoms with Crippen molar-refractivity contribution in [2.75, 3.05) is 16.7 Å². The minimum atomic E-state index is -3.93. The zero-order valence-electron chi connectivity index (χ0n) is 16.1. The molecule has 2 aromatic carbocycles. The lowest BCUT2D eigenvalue weighted by Gasteiger charge is -2.21. The zero-order chi connectivity index (χ0) is 22.2. The van der Waals surface area contributed by atoms with Crippen LogP contribution in [-0.2, 0) is 17.1 Å². The highest BCUT2D eigenvalue weighted by Gasteiger charge is 2.29. The molecule has 1 amide bonds. The molecule has 3 rings (SSSR count). The number of benzene rings is 2. The SMILES string of the molecule is Cc1ccc(S(=O)(=O)N(C)c2c(C(=O)Nc3c(Cl)cc(Cl)cc3Cl)cnn2C)cc1. The number of aromatic nitrogens is 2. The first-order chi connectivity index (χ1) is 14.0. The average Bonchev–Trinajstić information content (AvgIpc) is 3.05. The number of nitrogens with zero attached hydrogens (tertiary/aromatic N) is 3. The van der Waals surface area contributed by atoms with Gasteiger partial charge in [-0.15, -0.1) is 0 Å². The van der Waals surface area contributed by atoms with Crippen LogP contribution in [0.2, 0.25) is 15.1 Å². The van der Waals surface area contributed by atoms with Crippen molar-refractivity contribution in [3.05, 3.63) is 68.8 Å². The first-order valence-corrected chi connectivity index (χ1v) is 11.1. The number of hydrogen-bond donors (Lipinski definition) is 1. The Labute approximate surface area is 189 Å². The quantitative estimate of drug-likeness (QED) is 0.562. The second kappa shape index (κ2) is 8.47. The Morgan fingerprint density at radius 2 is 1.67 bits per heavy atom. The van der Waals surface area contributed by atoms with Gasteiger partial charge >= 0.3 is 0 Å². The second-order valence-electron chi connectivity index (χ2n) is 6.49. The molecular formula is C19H17Cl3N4O3S. The van der Waals surface area contributed by atoms with Gasteiger partial charge in [0.25, 0.3) is 15.9 Å². The predicted octanol–water partition coefficient (Wildman–Crippen LogP) is 4.77. The Kier molecular flexibility index (Phi) is 6.33. The van der Waals surface area contributed by atoms with Gasteiger partial charge in [-0.05, 0) is 31.2 Å². The molecule has 30 heavy (non-hydrogen) atoms. The number of anilines is 2. The Balaban J connectivity index is 1.99. The van der Waals surface area contributed by atoms with Gasteiger partial charge < -0.3 is 5.32 Å². The fraction of sp³-hybridized carbons (Fsp3) is 0.158. The van der Waals surface area contributed by atoms with E-state index in [1.165, 1.54) is 49.2 Å². The van der Waals surface area contributed by atoms with E-state index < -0.39 is 15.9 Å². The van der Waals surface area contributed by atoms with Gasteiger partial charge in [0.15, 0.2) is 5.82 Å². The summed E-state index contributed by atoms with van der Waals surface area (Å²) in [5.74, 6) is -0.551. The van der Waals surface area contributed by atoms with E-state index in [0.717, 1.165) is 9.87 Å². The van der Waals surface area contributed by atoms with E-state index in [-0.39, 0.29) is 32.0 Å². The van der Waals surface area contributed by atoms with Crippen LogP contribution in [0.4, 0.5) is 11.5 Å². The van der Waals surface area contributed by atoms with Gasteiger partial charge in [-0.1, -0.05) is 52.5 Å². The van der Waals surface area contributed by atoms with E-state index in [4.69, 9.17) is 34.8 Å². The monoisotopic (exact) mass is 486 g/mol. The highest BCUT2D eigenvalue weighted by Crippen LogP contribution is 2.34. The van der Waals surface area contributed by atoms with Gasteiger partial charge in [0, 0.05) is 19.1 Å². The maximum atomic E-state index is 13.1. The van der Waals surface area contributed by atoms with E-state index in [2.05, 4.69) is 10.4 Å². The Morgan fingerprint density at radius 1 is 1.10 bits per heavy atom. The molecule has 158 valence electrons. The molecule has 0 spiro atoms. The fourth-order valence-corrected chi connectivity index (χ4v) is 4.94. The smallest absolute Gasteiger partial charge is 0.265 e. The van der Waals surface area contributed by atoms with E-state index in [9.17, 15) is 13.2 Å². The van der Waals surface area contributed by atoms with Crippen LogP contribution < -0.4 is 9.62 Å². The van der Waals surface area contributed by atoms with Crippen molar-refractivity contribution in [3.63, 3.8) is 0 Å². The lowest BCUT2D eigenvalue weighted by Crippen LogP contribution is -2.30. The summed E-state index contributed by atoms with van der Waals surface area (Å²) in [4.78, 5) is 13.0. The Hall–Kier alpha value is -2.26. The molecule has 1 N–H and O–H groups in total. The number of carbonyl (C=O) groups is 1. The molecule has 0 saturated heterocycles. The number of sulfonamides is 1. The summed E-state index contributed by atoms with van der Waals surface area (Å²) < 4.78 is 28.4. The average molecular weight is 488 g/mol. The van der Waals surface area contributed by atoms with Crippen molar-refractivity contribution in [2.24, 2.45) is 7.05 Å². The van der Waals surface area contributed by atoms with E-state index in [0.29, 0.717) is 5.02 Å². The molecule has 0 bridgehead atoms. The van der Waals surface area contributed by atoms with Crippen molar-refractivity contribution in [1.29, 1.82) is 0 Å².